The number of carbonyl (C=O) groups excluding carboxylic acids is 1. The highest BCUT2D eigenvalue weighted by molar-refractivity contribution is 5.81. The number of hydrogen-bond donors (Lipinski definition) is 1. The average molecular weight is 285 g/mol. The van der Waals surface area contributed by atoms with Gasteiger partial charge in [-0.05, 0) is 38.1 Å². The molecule has 1 N–H and O–H groups in total. The molecule has 1 saturated heterocycles. The molecule has 0 aromatic rings. The average Bonchev–Trinajstić information content (AvgIpc) is 3.09. The lowest BCUT2D eigenvalue weighted by Gasteiger charge is -2.33. The van der Waals surface area contributed by atoms with Crippen LogP contribution >= 0.6 is 0 Å². The second kappa shape index (κ2) is 7.38. The summed E-state index contributed by atoms with van der Waals surface area (Å²) in [6, 6.07) is 0. The normalized spacial score (nSPS) is 33.5. The summed E-state index contributed by atoms with van der Waals surface area (Å²) in [7, 11) is 1.48. The van der Waals surface area contributed by atoms with Crippen molar-refractivity contribution in [1.29, 1.82) is 0 Å². The van der Waals surface area contributed by atoms with Crippen LogP contribution in [-0.4, -0.2) is 51.1 Å². The van der Waals surface area contributed by atoms with Crippen LogP contribution in [0.15, 0.2) is 0 Å². The van der Waals surface area contributed by atoms with Crippen molar-refractivity contribution in [1.82, 2.24) is 5.32 Å². The number of esters is 1. The fraction of sp³-hybridized carbons (Fsp3) is 0.933. The van der Waals surface area contributed by atoms with Gasteiger partial charge in [-0.3, -0.25) is 4.79 Å². The Kier molecular flexibility index (Phi) is 5.81. The predicted molar refractivity (Wildman–Crippen MR) is 75.6 cm³/mol. The van der Waals surface area contributed by atoms with Gasteiger partial charge in [-0.2, -0.15) is 0 Å². The summed E-state index contributed by atoms with van der Waals surface area (Å²) in [5.74, 6) is 0.184. The molecule has 1 aliphatic heterocycles. The smallest absolute Gasteiger partial charge is 0.326 e. The van der Waals surface area contributed by atoms with E-state index in [1.54, 1.807) is 0 Å². The van der Waals surface area contributed by atoms with E-state index in [-0.39, 0.29) is 12.1 Å². The zero-order chi connectivity index (χ0) is 14.4. The van der Waals surface area contributed by atoms with Gasteiger partial charge in [0.05, 0.1) is 19.8 Å². The van der Waals surface area contributed by atoms with Crippen LogP contribution < -0.4 is 5.32 Å². The molecule has 2 fully saturated rings. The summed E-state index contributed by atoms with van der Waals surface area (Å²) in [6.45, 7) is 5.02. The van der Waals surface area contributed by atoms with Crippen molar-refractivity contribution < 1.29 is 19.0 Å². The maximum Gasteiger partial charge on any atom is 0.326 e. The number of methoxy groups -OCH3 is 1. The van der Waals surface area contributed by atoms with Crippen molar-refractivity contribution in [3.63, 3.8) is 0 Å². The van der Waals surface area contributed by atoms with E-state index in [4.69, 9.17) is 14.2 Å². The molecule has 0 bridgehead atoms. The Morgan fingerprint density at radius 1 is 1.45 bits per heavy atom. The molecular weight excluding hydrogens is 258 g/mol. The molecule has 3 atom stereocenters. The maximum absolute atomic E-state index is 12.2. The van der Waals surface area contributed by atoms with Gasteiger partial charge < -0.3 is 19.5 Å². The zero-order valence-electron chi connectivity index (χ0n) is 12.7. The van der Waals surface area contributed by atoms with E-state index in [0.29, 0.717) is 19.1 Å². The lowest BCUT2D eigenvalue weighted by Crippen LogP contribution is -2.55. The second-order valence-corrected chi connectivity index (χ2v) is 5.73. The lowest BCUT2D eigenvalue weighted by molar-refractivity contribution is -0.150. The van der Waals surface area contributed by atoms with Crippen molar-refractivity contribution in [2.24, 2.45) is 5.92 Å². The van der Waals surface area contributed by atoms with Crippen LogP contribution in [0.1, 0.15) is 39.0 Å². The minimum Gasteiger partial charge on any atom is -0.468 e. The van der Waals surface area contributed by atoms with Crippen LogP contribution in [0.4, 0.5) is 0 Å². The van der Waals surface area contributed by atoms with E-state index >= 15 is 0 Å². The van der Waals surface area contributed by atoms with Crippen LogP contribution in [-0.2, 0) is 19.0 Å². The molecule has 5 heteroatoms. The molecule has 3 unspecified atom stereocenters. The summed E-state index contributed by atoms with van der Waals surface area (Å²) in [5.41, 5.74) is -0.501. The van der Waals surface area contributed by atoms with Gasteiger partial charge >= 0.3 is 5.97 Å². The highest BCUT2D eigenvalue weighted by Crippen LogP contribution is 2.39. The molecule has 20 heavy (non-hydrogen) atoms. The summed E-state index contributed by atoms with van der Waals surface area (Å²) in [5, 5.41) is 3.38. The molecule has 0 radical (unpaired) electrons. The third kappa shape index (κ3) is 3.32. The van der Waals surface area contributed by atoms with Gasteiger partial charge in [0.25, 0.3) is 0 Å². The van der Waals surface area contributed by atoms with Gasteiger partial charge in [0.1, 0.15) is 5.54 Å². The Hall–Kier alpha value is -0.650. The molecule has 5 nitrogen and oxygen atoms in total. The van der Waals surface area contributed by atoms with Gasteiger partial charge in [-0.15, -0.1) is 0 Å². The zero-order valence-corrected chi connectivity index (χ0v) is 12.7. The van der Waals surface area contributed by atoms with Gasteiger partial charge in [0, 0.05) is 13.2 Å². The SMILES string of the molecule is CCNC1(C(=O)OC)CCCC1CCOC1CCOC1. The minimum absolute atomic E-state index is 0.119. The molecule has 0 amide bonds. The summed E-state index contributed by atoms with van der Waals surface area (Å²) in [4.78, 5) is 12.2. The van der Waals surface area contributed by atoms with Crippen LogP contribution in [0.2, 0.25) is 0 Å². The molecule has 2 rings (SSSR count). The quantitative estimate of drug-likeness (QED) is 0.718. The highest BCUT2D eigenvalue weighted by Gasteiger charge is 2.49. The Bertz CT molecular complexity index is 317. The summed E-state index contributed by atoms with van der Waals surface area (Å²) < 4.78 is 16.2. The number of ether oxygens (including phenoxy) is 3. The summed E-state index contributed by atoms with van der Waals surface area (Å²) in [6.07, 6.45) is 5.12. The fourth-order valence-electron chi connectivity index (χ4n) is 3.56. The van der Waals surface area contributed by atoms with Crippen LogP contribution in [0.5, 0.6) is 0 Å². The largest absolute Gasteiger partial charge is 0.468 e. The Labute approximate surface area is 121 Å². The van der Waals surface area contributed by atoms with E-state index in [2.05, 4.69) is 5.32 Å². The van der Waals surface area contributed by atoms with Crippen LogP contribution in [0.3, 0.4) is 0 Å². The predicted octanol–water partition coefficient (Wildman–Crippen LogP) is 1.50. The first kappa shape index (κ1) is 15.7. The van der Waals surface area contributed by atoms with Gasteiger partial charge in [0.2, 0.25) is 0 Å². The Morgan fingerprint density at radius 3 is 2.95 bits per heavy atom. The van der Waals surface area contributed by atoms with E-state index < -0.39 is 5.54 Å². The molecule has 1 saturated carbocycles. The van der Waals surface area contributed by atoms with Gasteiger partial charge in [-0.25, -0.2) is 0 Å². The van der Waals surface area contributed by atoms with Crippen LogP contribution in [0.25, 0.3) is 0 Å². The molecule has 1 aliphatic carbocycles. The van der Waals surface area contributed by atoms with Crippen LogP contribution in [0, 0.1) is 5.92 Å². The number of carbonyl (C=O) groups is 1. The van der Waals surface area contributed by atoms with Crippen molar-refractivity contribution in [3.05, 3.63) is 0 Å². The topological polar surface area (TPSA) is 56.8 Å². The Morgan fingerprint density at radius 2 is 2.30 bits per heavy atom. The van der Waals surface area contributed by atoms with E-state index in [1.807, 2.05) is 6.92 Å². The standard InChI is InChI=1S/C15H27NO4/c1-3-16-15(14(17)18-2)8-4-5-12(15)6-10-20-13-7-9-19-11-13/h12-13,16H,3-11H2,1-2H3. The van der Waals surface area contributed by atoms with Crippen molar-refractivity contribution in [2.45, 2.75) is 50.7 Å². The molecule has 0 aromatic carbocycles. The third-order valence-electron chi connectivity index (χ3n) is 4.57. The first-order valence-corrected chi connectivity index (χ1v) is 7.75. The van der Waals surface area contributed by atoms with E-state index in [9.17, 15) is 4.79 Å². The molecule has 0 spiro atoms. The highest BCUT2D eigenvalue weighted by atomic mass is 16.5. The second-order valence-electron chi connectivity index (χ2n) is 5.73. The third-order valence-corrected chi connectivity index (χ3v) is 4.57. The monoisotopic (exact) mass is 285 g/mol. The first-order valence-electron chi connectivity index (χ1n) is 7.75. The first-order chi connectivity index (χ1) is 9.73. The number of likely N-dealkylation sites (N-methyl/N-ethyl adjacent to an activating group) is 1. The number of rotatable bonds is 7. The van der Waals surface area contributed by atoms with Crippen molar-refractivity contribution in [2.75, 3.05) is 33.5 Å². The summed E-state index contributed by atoms with van der Waals surface area (Å²) >= 11 is 0. The maximum atomic E-state index is 12.2. The molecule has 2 aliphatic rings. The molecule has 0 aromatic heterocycles. The van der Waals surface area contributed by atoms with Crippen molar-refractivity contribution in [3.8, 4) is 0 Å². The lowest BCUT2D eigenvalue weighted by atomic mass is 9.84. The minimum atomic E-state index is -0.501. The molecular formula is C15H27NO4. The number of hydrogen-bond acceptors (Lipinski definition) is 5. The number of nitrogens with one attached hydrogen (secondary N) is 1. The van der Waals surface area contributed by atoms with Gasteiger partial charge in [-0.1, -0.05) is 13.3 Å². The van der Waals surface area contributed by atoms with Gasteiger partial charge in [0.15, 0.2) is 0 Å². The fourth-order valence-corrected chi connectivity index (χ4v) is 3.56. The van der Waals surface area contributed by atoms with Crippen molar-refractivity contribution >= 4 is 5.97 Å². The Balaban J connectivity index is 1.88. The van der Waals surface area contributed by atoms with E-state index in [1.165, 1.54) is 7.11 Å². The van der Waals surface area contributed by atoms with E-state index in [0.717, 1.165) is 45.3 Å². The molecule has 116 valence electrons. The molecule has 1 heterocycles.